The first-order valence-electron chi connectivity index (χ1n) is 5.77. The molecular formula is C11H20N4. The quantitative estimate of drug-likeness (QED) is 0.777. The second kappa shape index (κ2) is 4.13. The van der Waals surface area contributed by atoms with Gasteiger partial charge in [0.25, 0.3) is 0 Å². The molecule has 1 fully saturated rings. The summed E-state index contributed by atoms with van der Waals surface area (Å²) in [6, 6.07) is 0. The van der Waals surface area contributed by atoms with Crippen LogP contribution in [0.4, 0.5) is 11.6 Å². The summed E-state index contributed by atoms with van der Waals surface area (Å²) in [6.07, 6.45) is 3.87. The zero-order chi connectivity index (χ0) is 10.8. The highest BCUT2D eigenvalue weighted by atomic mass is 15.2. The molecule has 4 heteroatoms. The predicted molar refractivity (Wildman–Crippen MR) is 63.0 cm³/mol. The van der Waals surface area contributed by atoms with Crippen LogP contribution in [-0.2, 0) is 0 Å². The first kappa shape index (κ1) is 10.3. The number of aromatic amines is 1. The average molecular weight is 208 g/mol. The second-order valence-electron chi connectivity index (χ2n) is 4.45. The van der Waals surface area contributed by atoms with Gasteiger partial charge in [-0.05, 0) is 32.1 Å². The molecule has 1 heterocycles. The monoisotopic (exact) mass is 208 g/mol. The number of nitrogens with two attached hydrogens (primary N) is 1. The maximum Gasteiger partial charge on any atom is 0.171 e. The van der Waals surface area contributed by atoms with E-state index in [1.54, 1.807) is 0 Å². The minimum atomic E-state index is 0.710. The van der Waals surface area contributed by atoms with Gasteiger partial charge in [0, 0.05) is 13.1 Å². The third-order valence-electron chi connectivity index (χ3n) is 2.80. The smallest absolute Gasteiger partial charge is 0.171 e. The largest absolute Gasteiger partial charge is 0.382 e. The van der Waals surface area contributed by atoms with Gasteiger partial charge in [0.1, 0.15) is 11.6 Å². The van der Waals surface area contributed by atoms with Crippen molar-refractivity contribution in [1.82, 2.24) is 9.97 Å². The Morgan fingerprint density at radius 2 is 2.27 bits per heavy atom. The first-order chi connectivity index (χ1) is 7.20. The fraction of sp³-hybridized carbons (Fsp3) is 0.727. The van der Waals surface area contributed by atoms with Crippen LogP contribution >= 0.6 is 0 Å². The van der Waals surface area contributed by atoms with Crippen LogP contribution in [0, 0.1) is 12.8 Å². The van der Waals surface area contributed by atoms with Crippen LogP contribution < -0.4 is 10.6 Å². The molecular weight excluding hydrogens is 188 g/mol. The van der Waals surface area contributed by atoms with Crippen LogP contribution in [0.1, 0.15) is 32.0 Å². The molecule has 1 aromatic rings. The molecule has 84 valence electrons. The fourth-order valence-electron chi connectivity index (χ4n) is 1.90. The summed E-state index contributed by atoms with van der Waals surface area (Å²) in [6.45, 7) is 6.30. The van der Waals surface area contributed by atoms with Crippen LogP contribution in [0.3, 0.4) is 0 Å². The lowest BCUT2D eigenvalue weighted by molar-refractivity contribution is 0.701. The summed E-state index contributed by atoms with van der Waals surface area (Å²) in [5.41, 5.74) is 5.91. The standard InChI is InChI=1S/C11H20N4/c1-3-6-15(7-9-4-5-9)11-10(12)13-8(2)14-11/h9H,3-7,12H2,1-2H3,(H,13,14). The molecule has 0 radical (unpaired) electrons. The minimum Gasteiger partial charge on any atom is -0.382 e. The van der Waals surface area contributed by atoms with Gasteiger partial charge in [-0.1, -0.05) is 6.92 Å². The van der Waals surface area contributed by atoms with E-state index in [-0.39, 0.29) is 0 Å². The van der Waals surface area contributed by atoms with E-state index >= 15 is 0 Å². The number of hydrogen-bond acceptors (Lipinski definition) is 3. The Morgan fingerprint density at radius 1 is 1.53 bits per heavy atom. The number of nitrogen functional groups attached to an aromatic ring is 1. The van der Waals surface area contributed by atoms with Crippen molar-refractivity contribution in [3.05, 3.63) is 5.82 Å². The maximum atomic E-state index is 5.91. The second-order valence-corrected chi connectivity index (χ2v) is 4.45. The highest BCUT2D eigenvalue weighted by Crippen LogP contribution is 2.32. The van der Waals surface area contributed by atoms with Gasteiger partial charge >= 0.3 is 0 Å². The number of aryl methyl sites for hydroxylation is 1. The molecule has 0 aromatic carbocycles. The van der Waals surface area contributed by atoms with E-state index in [0.717, 1.165) is 37.1 Å². The van der Waals surface area contributed by atoms with Crippen molar-refractivity contribution in [2.45, 2.75) is 33.1 Å². The van der Waals surface area contributed by atoms with E-state index in [9.17, 15) is 0 Å². The first-order valence-corrected chi connectivity index (χ1v) is 5.77. The molecule has 0 saturated heterocycles. The van der Waals surface area contributed by atoms with Crippen LogP contribution in [-0.4, -0.2) is 23.1 Å². The molecule has 1 aliphatic rings. The molecule has 0 bridgehead atoms. The van der Waals surface area contributed by atoms with E-state index in [0.29, 0.717) is 5.82 Å². The van der Waals surface area contributed by atoms with Crippen LogP contribution in [0.5, 0.6) is 0 Å². The van der Waals surface area contributed by atoms with Crippen molar-refractivity contribution in [2.24, 2.45) is 5.92 Å². The van der Waals surface area contributed by atoms with Crippen molar-refractivity contribution in [3.8, 4) is 0 Å². The van der Waals surface area contributed by atoms with Crippen molar-refractivity contribution in [1.29, 1.82) is 0 Å². The van der Waals surface area contributed by atoms with E-state index in [2.05, 4.69) is 21.8 Å². The molecule has 0 unspecified atom stereocenters. The minimum absolute atomic E-state index is 0.710. The van der Waals surface area contributed by atoms with E-state index in [1.165, 1.54) is 12.8 Å². The van der Waals surface area contributed by atoms with Crippen molar-refractivity contribution < 1.29 is 0 Å². The van der Waals surface area contributed by atoms with Gasteiger partial charge < -0.3 is 15.6 Å². The van der Waals surface area contributed by atoms with Gasteiger partial charge in [0.2, 0.25) is 0 Å². The summed E-state index contributed by atoms with van der Waals surface area (Å²) in [5.74, 6) is 3.43. The summed E-state index contributed by atoms with van der Waals surface area (Å²) < 4.78 is 0. The van der Waals surface area contributed by atoms with Gasteiger partial charge in [-0.2, -0.15) is 0 Å². The lowest BCUT2D eigenvalue weighted by atomic mass is 10.3. The SMILES string of the molecule is CCCN(CC1CC1)c1nc(C)[nH]c1N. The zero-order valence-electron chi connectivity index (χ0n) is 9.58. The number of anilines is 2. The number of H-pyrrole nitrogens is 1. The number of nitrogens with one attached hydrogen (secondary N) is 1. The Morgan fingerprint density at radius 3 is 2.73 bits per heavy atom. The summed E-state index contributed by atoms with van der Waals surface area (Å²) in [5, 5.41) is 0. The Balaban J connectivity index is 2.10. The molecule has 1 aliphatic carbocycles. The maximum absolute atomic E-state index is 5.91. The number of hydrogen-bond donors (Lipinski definition) is 2. The number of aromatic nitrogens is 2. The third kappa shape index (κ3) is 2.43. The van der Waals surface area contributed by atoms with Crippen molar-refractivity contribution >= 4 is 11.6 Å². The molecule has 3 N–H and O–H groups in total. The van der Waals surface area contributed by atoms with E-state index in [4.69, 9.17) is 5.73 Å². The highest BCUT2D eigenvalue weighted by molar-refractivity contribution is 5.59. The van der Waals surface area contributed by atoms with Crippen LogP contribution in [0.2, 0.25) is 0 Å². The highest BCUT2D eigenvalue weighted by Gasteiger charge is 2.25. The molecule has 1 aromatic heterocycles. The summed E-state index contributed by atoms with van der Waals surface area (Å²) >= 11 is 0. The van der Waals surface area contributed by atoms with E-state index < -0.39 is 0 Å². The lowest BCUT2D eigenvalue weighted by Crippen LogP contribution is -2.27. The zero-order valence-corrected chi connectivity index (χ0v) is 9.58. The summed E-state index contributed by atoms with van der Waals surface area (Å²) in [7, 11) is 0. The van der Waals surface area contributed by atoms with Gasteiger partial charge in [0.05, 0.1) is 0 Å². The van der Waals surface area contributed by atoms with Gasteiger partial charge in [-0.15, -0.1) is 0 Å². The molecule has 2 rings (SSSR count). The molecule has 0 aliphatic heterocycles. The lowest BCUT2D eigenvalue weighted by Gasteiger charge is -2.22. The number of imidazole rings is 1. The molecule has 1 saturated carbocycles. The fourth-order valence-corrected chi connectivity index (χ4v) is 1.90. The van der Waals surface area contributed by atoms with Crippen molar-refractivity contribution in [3.63, 3.8) is 0 Å². The Hall–Kier alpha value is -1.19. The molecule has 0 amide bonds. The molecule has 15 heavy (non-hydrogen) atoms. The molecule has 0 spiro atoms. The summed E-state index contributed by atoms with van der Waals surface area (Å²) in [4.78, 5) is 9.84. The van der Waals surface area contributed by atoms with Crippen molar-refractivity contribution in [2.75, 3.05) is 23.7 Å². The van der Waals surface area contributed by atoms with Gasteiger partial charge in [-0.3, -0.25) is 0 Å². The average Bonchev–Trinajstić information content (AvgIpc) is 2.91. The normalized spacial score (nSPS) is 15.6. The Kier molecular flexibility index (Phi) is 2.84. The Labute approximate surface area is 90.9 Å². The molecule has 4 nitrogen and oxygen atoms in total. The van der Waals surface area contributed by atoms with Crippen LogP contribution in [0.15, 0.2) is 0 Å². The van der Waals surface area contributed by atoms with Crippen LogP contribution in [0.25, 0.3) is 0 Å². The predicted octanol–water partition coefficient (Wildman–Crippen LogP) is 1.93. The third-order valence-corrected chi connectivity index (χ3v) is 2.80. The van der Waals surface area contributed by atoms with Gasteiger partial charge in [0.15, 0.2) is 5.82 Å². The number of nitrogens with zero attached hydrogens (tertiary/aromatic N) is 2. The van der Waals surface area contributed by atoms with Gasteiger partial charge in [-0.25, -0.2) is 4.98 Å². The topological polar surface area (TPSA) is 57.9 Å². The molecule has 0 atom stereocenters. The Bertz CT molecular complexity index is 327. The van der Waals surface area contributed by atoms with E-state index in [1.807, 2.05) is 6.92 Å². The number of rotatable bonds is 5.